The standard InChI is InChI=1S/C9H7BrO/c10-9-7-4-2-1-3-6(7)5-8(9)11/h1-4,9H,5H2. The van der Waals surface area contributed by atoms with E-state index in [4.69, 9.17) is 0 Å². The fourth-order valence-corrected chi connectivity index (χ4v) is 2.00. The van der Waals surface area contributed by atoms with Crippen molar-refractivity contribution in [3.05, 3.63) is 35.4 Å². The molecule has 56 valence electrons. The van der Waals surface area contributed by atoms with Crippen molar-refractivity contribution in [2.75, 3.05) is 0 Å². The van der Waals surface area contributed by atoms with E-state index in [1.165, 1.54) is 5.56 Å². The van der Waals surface area contributed by atoms with Crippen molar-refractivity contribution in [3.8, 4) is 0 Å². The van der Waals surface area contributed by atoms with Crippen LogP contribution in [0, 0.1) is 0 Å². The lowest BCUT2D eigenvalue weighted by molar-refractivity contribution is -0.117. The van der Waals surface area contributed by atoms with Gasteiger partial charge in [-0.15, -0.1) is 0 Å². The Labute approximate surface area is 73.5 Å². The molecular weight excluding hydrogens is 204 g/mol. The number of halogens is 1. The highest BCUT2D eigenvalue weighted by Crippen LogP contribution is 2.34. The van der Waals surface area contributed by atoms with Crippen molar-refractivity contribution < 1.29 is 4.79 Å². The normalized spacial score (nSPS) is 21.9. The molecular formula is C9H7BrO. The van der Waals surface area contributed by atoms with Gasteiger partial charge in [-0.3, -0.25) is 4.79 Å². The van der Waals surface area contributed by atoms with Gasteiger partial charge in [-0.2, -0.15) is 0 Å². The molecule has 0 aliphatic heterocycles. The summed E-state index contributed by atoms with van der Waals surface area (Å²) in [6.07, 6.45) is 0.589. The molecule has 0 saturated carbocycles. The minimum absolute atomic E-state index is 0.0568. The summed E-state index contributed by atoms with van der Waals surface area (Å²) < 4.78 is 0. The van der Waals surface area contributed by atoms with Gasteiger partial charge in [0.05, 0.1) is 4.83 Å². The largest absolute Gasteiger partial charge is 0.298 e. The molecule has 0 saturated heterocycles. The third kappa shape index (κ3) is 1.02. The molecule has 0 aromatic heterocycles. The molecule has 2 rings (SSSR count). The van der Waals surface area contributed by atoms with Crippen molar-refractivity contribution in [2.24, 2.45) is 0 Å². The number of carbonyl (C=O) groups is 1. The van der Waals surface area contributed by atoms with E-state index >= 15 is 0 Å². The van der Waals surface area contributed by atoms with Gasteiger partial charge in [-0.25, -0.2) is 0 Å². The van der Waals surface area contributed by atoms with E-state index in [-0.39, 0.29) is 10.6 Å². The lowest BCUT2D eigenvalue weighted by Crippen LogP contribution is -1.96. The minimum atomic E-state index is -0.0568. The molecule has 1 atom stereocenters. The van der Waals surface area contributed by atoms with Gasteiger partial charge in [0.2, 0.25) is 0 Å². The van der Waals surface area contributed by atoms with Crippen molar-refractivity contribution >= 4 is 21.7 Å². The summed E-state index contributed by atoms with van der Waals surface area (Å²) in [4.78, 5) is 11.1. The summed E-state index contributed by atoms with van der Waals surface area (Å²) in [5.74, 6) is 0.270. The summed E-state index contributed by atoms with van der Waals surface area (Å²) in [6.45, 7) is 0. The van der Waals surface area contributed by atoms with Gasteiger partial charge < -0.3 is 0 Å². The van der Waals surface area contributed by atoms with Crippen LogP contribution in [0.15, 0.2) is 24.3 Å². The predicted octanol–water partition coefficient (Wildman–Crippen LogP) is 2.25. The Bertz CT molecular complexity index is 306. The molecule has 1 aromatic rings. The van der Waals surface area contributed by atoms with Crippen LogP contribution in [-0.4, -0.2) is 5.78 Å². The summed E-state index contributed by atoms with van der Waals surface area (Å²) >= 11 is 3.35. The first-order valence-corrected chi connectivity index (χ1v) is 4.45. The van der Waals surface area contributed by atoms with Crippen molar-refractivity contribution in [2.45, 2.75) is 11.2 Å². The quantitative estimate of drug-likeness (QED) is 0.601. The first-order valence-electron chi connectivity index (χ1n) is 3.53. The fourth-order valence-electron chi connectivity index (χ4n) is 1.39. The maximum Gasteiger partial charge on any atom is 0.155 e. The molecule has 0 bridgehead atoms. The van der Waals surface area contributed by atoms with E-state index in [2.05, 4.69) is 15.9 Å². The van der Waals surface area contributed by atoms with E-state index in [0.717, 1.165) is 5.56 Å². The summed E-state index contributed by atoms with van der Waals surface area (Å²) in [6, 6.07) is 7.94. The van der Waals surface area contributed by atoms with Gasteiger partial charge in [0, 0.05) is 6.42 Å². The van der Waals surface area contributed by atoms with Crippen LogP contribution in [0.25, 0.3) is 0 Å². The molecule has 1 aromatic carbocycles. The molecule has 1 unspecified atom stereocenters. The van der Waals surface area contributed by atoms with Crippen LogP contribution in [0.1, 0.15) is 16.0 Å². The molecule has 1 aliphatic rings. The molecule has 0 radical (unpaired) electrons. The summed E-state index contributed by atoms with van der Waals surface area (Å²) in [5, 5.41) is 0. The van der Waals surface area contributed by atoms with E-state index in [1.54, 1.807) is 0 Å². The lowest BCUT2D eigenvalue weighted by atomic mass is 10.1. The van der Waals surface area contributed by atoms with Gasteiger partial charge in [0.15, 0.2) is 5.78 Å². The molecule has 2 heteroatoms. The maximum absolute atomic E-state index is 11.2. The number of alkyl halides is 1. The SMILES string of the molecule is O=C1Cc2ccccc2C1Br. The predicted molar refractivity (Wildman–Crippen MR) is 46.8 cm³/mol. The molecule has 1 nitrogen and oxygen atoms in total. The highest BCUT2D eigenvalue weighted by atomic mass is 79.9. The van der Waals surface area contributed by atoms with Crippen molar-refractivity contribution in [3.63, 3.8) is 0 Å². The zero-order valence-electron chi connectivity index (χ0n) is 5.88. The fraction of sp³-hybridized carbons (Fsp3) is 0.222. The maximum atomic E-state index is 11.2. The average Bonchev–Trinajstić information content (AvgIpc) is 2.30. The van der Waals surface area contributed by atoms with Crippen LogP contribution < -0.4 is 0 Å². The second-order valence-corrected chi connectivity index (χ2v) is 3.62. The van der Waals surface area contributed by atoms with E-state index in [1.807, 2.05) is 24.3 Å². The highest BCUT2D eigenvalue weighted by molar-refractivity contribution is 9.09. The number of Topliss-reactive ketones (excluding diaryl/α,β-unsaturated/α-hetero) is 1. The lowest BCUT2D eigenvalue weighted by Gasteiger charge is -1.98. The molecule has 0 N–H and O–H groups in total. The number of hydrogen-bond acceptors (Lipinski definition) is 1. The third-order valence-electron chi connectivity index (χ3n) is 1.98. The number of ketones is 1. The monoisotopic (exact) mass is 210 g/mol. The first-order chi connectivity index (χ1) is 5.29. The zero-order chi connectivity index (χ0) is 7.84. The third-order valence-corrected chi connectivity index (χ3v) is 2.98. The number of rotatable bonds is 0. The van der Waals surface area contributed by atoms with E-state index in [9.17, 15) is 4.79 Å². The van der Waals surface area contributed by atoms with Crippen molar-refractivity contribution in [1.29, 1.82) is 0 Å². The Kier molecular flexibility index (Phi) is 1.57. The Morgan fingerprint density at radius 2 is 2.09 bits per heavy atom. The topological polar surface area (TPSA) is 17.1 Å². The number of hydrogen-bond donors (Lipinski definition) is 0. The zero-order valence-corrected chi connectivity index (χ0v) is 7.47. The van der Waals surface area contributed by atoms with Crippen LogP contribution in [0.5, 0.6) is 0 Å². The van der Waals surface area contributed by atoms with Gasteiger partial charge in [0.1, 0.15) is 0 Å². The van der Waals surface area contributed by atoms with Gasteiger partial charge in [0.25, 0.3) is 0 Å². The van der Waals surface area contributed by atoms with E-state index < -0.39 is 0 Å². The van der Waals surface area contributed by atoms with Gasteiger partial charge in [-0.1, -0.05) is 40.2 Å². The second kappa shape index (κ2) is 2.45. The van der Waals surface area contributed by atoms with E-state index in [0.29, 0.717) is 6.42 Å². The highest BCUT2D eigenvalue weighted by Gasteiger charge is 2.27. The van der Waals surface area contributed by atoms with Crippen LogP contribution in [-0.2, 0) is 11.2 Å². The summed E-state index contributed by atoms with van der Waals surface area (Å²) in [5.41, 5.74) is 2.30. The Hall–Kier alpha value is -0.630. The Morgan fingerprint density at radius 1 is 1.36 bits per heavy atom. The number of benzene rings is 1. The van der Waals surface area contributed by atoms with Crippen LogP contribution in [0.3, 0.4) is 0 Å². The Balaban J connectivity index is 2.55. The average molecular weight is 211 g/mol. The smallest absolute Gasteiger partial charge is 0.155 e. The molecule has 0 spiro atoms. The van der Waals surface area contributed by atoms with Crippen LogP contribution >= 0.6 is 15.9 Å². The summed E-state index contributed by atoms with van der Waals surface area (Å²) in [7, 11) is 0. The van der Waals surface area contributed by atoms with Crippen molar-refractivity contribution in [1.82, 2.24) is 0 Å². The molecule has 0 heterocycles. The van der Waals surface area contributed by atoms with Gasteiger partial charge in [-0.05, 0) is 11.1 Å². The van der Waals surface area contributed by atoms with Crippen LogP contribution in [0.4, 0.5) is 0 Å². The Morgan fingerprint density at radius 3 is 2.82 bits per heavy atom. The number of carbonyl (C=O) groups excluding carboxylic acids is 1. The first kappa shape index (κ1) is 7.04. The molecule has 0 amide bonds. The molecule has 11 heavy (non-hydrogen) atoms. The second-order valence-electron chi connectivity index (χ2n) is 2.70. The minimum Gasteiger partial charge on any atom is -0.298 e. The van der Waals surface area contributed by atoms with Gasteiger partial charge >= 0.3 is 0 Å². The van der Waals surface area contributed by atoms with Crippen LogP contribution in [0.2, 0.25) is 0 Å². The number of fused-ring (bicyclic) bond motifs is 1. The molecule has 0 fully saturated rings. The molecule has 1 aliphatic carbocycles.